The molecule has 0 N–H and O–H groups in total. The van der Waals surface area contributed by atoms with Crippen LogP contribution < -0.4 is 0 Å². The molecule has 0 radical (unpaired) electrons. The summed E-state index contributed by atoms with van der Waals surface area (Å²) in [7, 11) is 0. The van der Waals surface area contributed by atoms with Gasteiger partial charge in [-0.1, -0.05) is 45.2 Å². The molecule has 0 aromatic heterocycles. The second-order valence-electron chi connectivity index (χ2n) is 3.96. The number of rotatable bonds is 3. The molecule has 2 aromatic carbocycles. The molecule has 1 nitrogen and oxygen atoms in total. The predicted molar refractivity (Wildman–Crippen MR) is 78.6 cm³/mol. The molecule has 0 amide bonds. The third kappa shape index (κ3) is 3.56. The summed E-state index contributed by atoms with van der Waals surface area (Å²) in [6.45, 7) is 0. The van der Waals surface area contributed by atoms with E-state index in [2.05, 4.69) is 15.9 Å². The van der Waals surface area contributed by atoms with Crippen LogP contribution in [0.2, 0.25) is 10.0 Å². The van der Waals surface area contributed by atoms with E-state index < -0.39 is 5.82 Å². The molecule has 0 saturated carbocycles. The molecule has 0 spiro atoms. The van der Waals surface area contributed by atoms with Gasteiger partial charge in [0.1, 0.15) is 5.82 Å². The highest BCUT2D eigenvalue weighted by atomic mass is 79.9. The van der Waals surface area contributed by atoms with Crippen LogP contribution in [0.3, 0.4) is 0 Å². The van der Waals surface area contributed by atoms with E-state index in [-0.39, 0.29) is 12.2 Å². The van der Waals surface area contributed by atoms with Crippen LogP contribution >= 0.6 is 39.1 Å². The Morgan fingerprint density at radius 3 is 2.47 bits per heavy atom. The van der Waals surface area contributed by atoms with E-state index in [1.54, 1.807) is 24.3 Å². The molecule has 0 bridgehead atoms. The first-order chi connectivity index (χ1) is 8.97. The molecule has 0 heterocycles. The third-order valence-corrected chi connectivity index (χ3v) is 3.84. The molecular weight excluding hydrogens is 354 g/mol. The number of hydrogen-bond acceptors (Lipinski definition) is 1. The highest BCUT2D eigenvalue weighted by Crippen LogP contribution is 2.24. The van der Waals surface area contributed by atoms with E-state index >= 15 is 0 Å². The third-order valence-electron chi connectivity index (χ3n) is 2.61. The van der Waals surface area contributed by atoms with Crippen LogP contribution in [0.1, 0.15) is 15.9 Å². The van der Waals surface area contributed by atoms with Gasteiger partial charge in [-0.15, -0.1) is 0 Å². The molecule has 0 unspecified atom stereocenters. The van der Waals surface area contributed by atoms with E-state index in [1.807, 2.05) is 0 Å². The number of halogens is 4. The zero-order valence-corrected chi connectivity index (χ0v) is 12.7. The normalized spacial score (nSPS) is 10.5. The summed E-state index contributed by atoms with van der Waals surface area (Å²) in [6.07, 6.45) is -0.0168. The van der Waals surface area contributed by atoms with Gasteiger partial charge >= 0.3 is 0 Å². The van der Waals surface area contributed by atoms with Gasteiger partial charge in [0, 0.05) is 16.5 Å². The Labute approximate surface area is 128 Å². The van der Waals surface area contributed by atoms with Crippen LogP contribution in [-0.4, -0.2) is 5.78 Å². The van der Waals surface area contributed by atoms with Gasteiger partial charge in [-0.25, -0.2) is 4.39 Å². The van der Waals surface area contributed by atoms with E-state index in [9.17, 15) is 9.18 Å². The number of Topliss-reactive ketones (excluding diaryl/α,β-unsaturated/α-hetero) is 1. The number of ketones is 1. The van der Waals surface area contributed by atoms with E-state index in [1.165, 1.54) is 12.1 Å². The van der Waals surface area contributed by atoms with Gasteiger partial charge < -0.3 is 0 Å². The zero-order chi connectivity index (χ0) is 14.0. The van der Waals surface area contributed by atoms with E-state index in [4.69, 9.17) is 23.2 Å². The van der Waals surface area contributed by atoms with E-state index in [0.717, 1.165) is 0 Å². The summed E-state index contributed by atoms with van der Waals surface area (Å²) >= 11 is 14.8. The Morgan fingerprint density at radius 2 is 1.84 bits per heavy atom. The van der Waals surface area contributed by atoms with Crippen molar-refractivity contribution >= 4 is 44.9 Å². The van der Waals surface area contributed by atoms with Crippen LogP contribution in [0, 0.1) is 5.82 Å². The average molecular weight is 362 g/mol. The van der Waals surface area contributed by atoms with Crippen molar-refractivity contribution in [2.75, 3.05) is 0 Å². The fourth-order valence-electron chi connectivity index (χ4n) is 1.61. The molecule has 2 rings (SSSR count). The lowest BCUT2D eigenvalue weighted by atomic mass is 10.0. The molecule has 98 valence electrons. The lowest BCUT2D eigenvalue weighted by Crippen LogP contribution is -2.05. The van der Waals surface area contributed by atoms with E-state index in [0.29, 0.717) is 25.6 Å². The molecule has 0 aliphatic heterocycles. The molecule has 0 aliphatic carbocycles. The first kappa shape index (κ1) is 14.5. The van der Waals surface area contributed by atoms with Crippen molar-refractivity contribution in [3.05, 3.63) is 67.9 Å². The van der Waals surface area contributed by atoms with Gasteiger partial charge in [-0.3, -0.25) is 4.79 Å². The standard InChI is InChI=1S/C14H8BrCl2FO/c15-10-3-1-8(13(18)7-10)6-14(19)9-2-4-11(16)12(17)5-9/h1-5,7H,6H2. The second kappa shape index (κ2) is 6.04. The number of hydrogen-bond donors (Lipinski definition) is 0. The minimum atomic E-state index is -0.414. The summed E-state index contributed by atoms with van der Waals surface area (Å²) in [5.74, 6) is -0.623. The Balaban J connectivity index is 2.23. The molecule has 0 atom stereocenters. The van der Waals surface area contributed by atoms with Crippen molar-refractivity contribution in [3.63, 3.8) is 0 Å². The van der Waals surface area contributed by atoms with Gasteiger partial charge in [0.25, 0.3) is 0 Å². The topological polar surface area (TPSA) is 17.1 Å². The predicted octanol–water partition coefficient (Wildman–Crippen LogP) is 5.32. The van der Waals surface area contributed by atoms with Crippen molar-refractivity contribution in [2.24, 2.45) is 0 Å². The van der Waals surface area contributed by atoms with Gasteiger partial charge in [0.2, 0.25) is 0 Å². The molecule has 2 aromatic rings. The van der Waals surface area contributed by atoms with Gasteiger partial charge in [-0.05, 0) is 35.9 Å². The molecule has 0 saturated heterocycles. The fourth-order valence-corrected chi connectivity index (χ4v) is 2.24. The summed E-state index contributed by atoms with van der Waals surface area (Å²) in [6, 6.07) is 9.22. The van der Waals surface area contributed by atoms with Crippen LogP contribution in [0.25, 0.3) is 0 Å². The van der Waals surface area contributed by atoms with Crippen LogP contribution in [0.5, 0.6) is 0 Å². The summed E-state index contributed by atoms with van der Waals surface area (Å²) in [5, 5.41) is 0.692. The van der Waals surface area contributed by atoms with Crippen molar-refractivity contribution in [3.8, 4) is 0 Å². The largest absolute Gasteiger partial charge is 0.294 e. The first-order valence-corrected chi connectivity index (χ1v) is 6.94. The number of benzene rings is 2. The minimum Gasteiger partial charge on any atom is -0.294 e. The molecular formula is C14H8BrCl2FO. The zero-order valence-electron chi connectivity index (χ0n) is 9.59. The molecule has 19 heavy (non-hydrogen) atoms. The average Bonchev–Trinajstić information content (AvgIpc) is 2.36. The van der Waals surface area contributed by atoms with Gasteiger partial charge in [0.05, 0.1) is 10.0 Å². The monoisotopic (exact) mass is 360 g/mol. The summed E-state index contributed by atoms with van der Waals surface area (Å²) in [4.78, 5) is 12.0. The van der Waals surface area contributed by atoms with Crippen LogP contribution in [-0.2, 0) is 6.42 Å². The molecule has 0 aliphatic rings. The number of carbonyl (C=O) groups excluding carboxylic acids is 1. The maximum absolute atomic E-state index is 13.6. The second-order valence-corrected chi connectivity index (χ2v) is 5.69. The quantitative estimate of drug-likeness (QED) is 0.676. The molecule has 0 fully saturated rings. The Kier molecular flexibility index (Phi) is 4.61. The Hall–Kier alpha value is -0.900. The number of carbonyl (C=O) groups is 1. The highest BCUT2D eigenvalue weighted by Gasteiger charge is 2.12. The first-order valence-electron chi connectivity index (χ1n) is 5.39. The van der Waals surface area contributed by atoms with Crippen molar-refractivity contribution in [2.45, 2.75) is 6.42 Å². The smallest absolute Gasteiger partial charge is 0.167 e. The minimum absolute atomic E-state index is 0.0168. The van der Waals surface area contributed by atoms with Crippen molar-refractivity contribution in [1.82, 2.24) is 0 Å². The lowest BCUT2D eigenvalue weighted by Gasteiger charge is -2.05. The Morgan fingerprint density at radius 1 is 1.11 bits per heavy atom. The van der Waals surface area contributed by atoms with Gasteiger partial charge in [-0.2, -0.15) is 0 Å². The maximum atomic E-state index is 13.6. The van der Waals surface area contributed by atoms with Crippen molar-refractivity contribution < 1.29 is 9.18 Å². The lowest BCUT2D eigenvalue weighted by molar-refractivity contribution is 0.0992. The van der Waals surface area contributed by atoms with Crippen LogP contribution in [0.4, 0.5) is 4.39 Å². The highest BCUT2D eigenvalue weighted by molar-refractivity contribution is 9.10. The maximum Gasteiger partial charge on any atom is 0.167 e. The Bertz CT molecular complexity index is 643. The SMILES string of the molecule is O=C(Cc1ccc(Br)cc1F)c1ccc(Cl)c(Cl)c1. The summed E-state index contributed by atoms with van der Waals surface area (Å²) < 4.78 is 14.3. The van der Waals surface area contributed by atoms with Gasteiger partial charge in [0.15, 0.2) is 5.78 Å². The van der Waals surface area contributed by atoms with Crippen LogP contribution in [0.15, 0.2) is 40.9 Å². The fraction of sp³-hybridized carbons (Fsp3) is 0.0714. The van der Waals surface area contributed by atoms with Crippen molar-refractivity contribution in [1.29, 1.82) is 0 Å². The summed E-state index contributed by atoms with van der Waals surface area (Å²) in [5.41, 5.74) is 0.760. The molecule has 5 heteroatoms.